The smallest absolute Gasteiger partial charge is 0.124 e. The van der Waals surface area contributed by atoms with Crippen molar-refractivity contribution >= 4 is 21.8 Å². The van der Waals surface area contributed by atoms with Crippen molar-refractivity contribution in [3.05, 3.63) is 180 Å². The Morgan fingerprint density at radius 1 is 0.448 bits per heavy atom. The first-order valence-electron chi connectivity index (χ1n) is 23.3. The van der Waals surface area contributed by atoms with Crippen LogP contribution < -0.4 is 0 Å². The molecule has 0 aliphatic carbocycles. The molecule has 0 aliphatic rings. The topological polar surface area (TPSA) is 50.9 Å². The van der Waals surface area contributed by atoms with E-state index in [1.807, 2.05) is 30.5 Å². The second-order valence-corrected chi connectivity index (χ2v) is 22.2. The zero-order chi connectivity index (χ0) is 46.9. The maximum absolute atomic E-state index is 11.1. The first-order valence-corrected chi connectivity index (χ1v) is 23.3. The van der Waals surface area contributed by atoms with Gasteiger partial charge in [0.2, 0.25) is 0 Å². The minimum atomic E-state index is -0.0509. The van der Waals surface area contributed by atoms with Gasteiger partial charge in [0.15, 0.2) is 0 Å². The summed E-state index contributed by atoms with van der Waals surface area (Å²) in [4.78, 5) is 10.3. The van der Waals surface area contributed by atoms with E-state index in [1.54, 1.807) is 6.07 Å². The van der Waals surface area contributed by atoms with Gasteiger partial charge in [-0.25, -0.2) is 0 Å². The fourth-order valence-electron chi connectivity index (χ4n) is 8.96. The van der Waals surface area contributed by atoms with E-state index < -0.39 is 0 Å². The summed E-state index contributed by atoms with van der Waals surface area (Å²) in [5.74, 6) is 0.191. The minimum absolute atomic E-state index is 0. The second-order valence-electron chi connectivity index (χ2n) is 22.2. The van der Waals surface area contributed by atoms with Crippen molar-refractivity contribution < 1.29 is 26.2 Å². The molecule has 1 N–H and O–H groups in total. The molecule has 342 valence electrons. The van der Waals surface area contributed by atoms with Crippen molar-refractivity contribution in [1.29, 1.82) is 0 Å². The number of pyridine rings is 2. The summed E-state index contributed by atoms with van der Waals surface area (Å²) in [6.07, 6.45) is 1.86. The van der Waals surface area contributed by atoms with Crippen LogP contribution in [0.1, 0.15) is 105 Å². The molecule has 6 aromatic carbocycles. The first-order chi connectivity index (χ1) is 31.1. The van der Waals surface area contributed by atoms with Gasteiger partial charge in [-0.1, -0.05) is 167 Å². The van der Waals surface area contributed by atoms with Gasteiger partial charge in [0, 0.05) is 60.7 Å². The molecule has 0 radical (unpaired) electrons. The van der Waals surface area contributed by atoms with Crippen LogP contribution in [0.5, 0.6) is 5.75 Å². The largest absolute Gasteiger partial charge is 0.507 e. The van der Waals surface area contributed by atoms with Gasteiger partial charge < -0.3 is 9.67 Å². The zero-order valence-electron chi connectivity index (χ0n) is 41.0. The van der Waals surface area contributed by atoms with Gasteiger partial charge in [-0.3, -0.25) is 9.97 Å². The number of rotatable bonds is 6. The Morgan fingerprint density at radius 2 is 0.985 bits per heavy atom. The zero-order valence-corrected chi connectivity index (χ0v) is 43.3. The van der Waals surface area contributed by atoms with E-state index >= 15 is 0 Å². The quantitative estimate of drug-likeness (QED) is 0.169. The normalized spacial score (nSPS) is 12.4. The molecule has 0 amide bonds. The minimum Gasteiger partial charge on any atom is -0.507 e. The Kier molecular flexibility index (Phi) is 12.4. The number of aromatic nitrogens is 3. The van der Waals surface area contributed by atoms with Crippen molar-refractivity contribution in [1.82, 2.24) is 14.5 Å². The van der Waals surface area contributed by atoms with Gasteiger partial charge in [0.25, 0.3) is 0 Å². The number of phenols is 1. The van der Waals surface area contributed by atoms with Crippen molar-refractivity contribution in [2.24, 2.45) is 0 Å². The summed E-state index contributed by atoms with van der Waals surface area (Å²) in [5, 5.41) is 13.5. The van der Waals surface area contributed by atoms with Gasteiger partial charge in [0.05, 0.1) is 16.7 Å². The van der Waals surface area contributed by atoms with Crippen LogP contribution in [0.3, 0.4) is 0 Å². The number of hydrogen-bond acceptors (Lipinski definition) is 3. The number of benzene rings is 6. The number of para-hydroxylation sites is 2. The Labute approximate surface area is 412 Å². The molecule has 0 saturated heterocycles. The Bertz CT molecular complexity index is 3240. The van der Waals surface area contributed by atoms with Gasteiger partial charge >= 0.3 is 0 Å². The molecule has 0 saturated carbocycles. The molecule has 0 spiro atoms. The summed E-state index contributed by atoms with van der Waals surface area (Å²) < 4.78 is 2.44. The van der Waals surface area contributed by atoms with Crippen molar-refractivity contribution in [2.45, 2.75) is 105 Å². The Morgan fingerprint density at radius 3 is 1.63 bits per heavy atom. The molecule has 0 bridgehead atoms. The molecule has 0 aliphatic heterocycles. The summed E-state index contributed by atoms with van der Waals surface area (Å²) in [7, 11) is 0. The van der Waals surface area contributed by atoms with Crippen molar-refractivity contribution in [2.75, 3.05) is 0 Å². The van der Waals surface area contributed by atoms with Crippen molar-refractivity contribution in [3.63, 3.8) is 0 Å². The SMILES string of the molecule is CC(C)(C)c1cc(-c2cc(-c3[c-]c(-c4ncccc4-c4ccc5c(c4)c4ccccc4n5-c4cc(C(C)(C)C)cc(C(C)(C)C)c4)ccc3)nc(-c3ccccc3O)c2)cc(C(C)(C)C)c1.[Pt]. The molecule has 3 heterocycles. The maximum Gasteiger partial charge on any atom is 0.124 e. The van der Waals surface area contributed by atoms with Crippen molar-refractivity contribution in [3.8, 4) is 67.5 Å². The third-order valence-corrected chi connectivity index (χ3v) is 13.0. The van der Waals surface area contributed by atoms with Gasteiger partial charge in [-0.15, -0.1) is 24.3 Å². The average molecular weight is 1060 g/mol. The second kappa shape index (κ2) is 17.5. The van der Waals surface area contributed by atoms with Crippen LogP contribution in [0.25, 0.3) is 83.5 Å². The molecule has 4 nitrogen and oxygen atoms in total. The molecule has 67 heavy (non-hydrogen) atoms. The van der Waals surface area contributed by atoms with Gasteiger partial charge in [-0.2, -0.15) is 0 Å². The van der Waals surface area contributed by atoms with Crippen LogP contribution in [0.15, 0.2) is 152 Å². The number of nitrogens with zero attached hydrogens (tertiary/aromatic N) is 3. The first kappa shape index (κ1) is 47.4. The van der Waals surface area contributed by atoms with Gasteiger partial charge in [-0.05, 0) is 121 Å². The molecule has 0 atom stereocenters. The molecular weight excluding hydrogens is 998 g/mol. The Hall–Kier alpha value is -6.09. The fourth-order valence-corrected chi connectivity index (χ4v) is 8.96. The summed E-state index contributed by atoms with van der Waals surface area (Å²) >= 11 is 0. The van der Waals surface area contributed by atoms with Crippen LogP contribution in [0.2, 0.25) is 0 Å². The summed E-state index contributed by atoms with van der Waals surface area (Å²) in [6.45, 7) is 27.4. The summed E-state index contributed by atoms with van der Waals surface area (Å²) in [6, 6.07) is 55.6. The fraction of sp³-hybridized carbons (Fsp3) is 0.258. The van der Waals surface area contributed by atoms with Crippen LogP contribution in [0.4, 0.5) is 0 Å². The molecule has 5 heteroatoms. The number of aromatic hydroxyl groups is 1. The van der Waals surface area contributed by atoms with E-state index in [0.717, 1.165) is 44.8 Å². The number of hydrogen-bond donors (Lipinski definition) is 1. The van der Waals surface area contributed by atoms with E-state index in [4.69, 9.17) is 9.97 Å². The number of fused-ring (bicyclic) bond motifs is 3. The van der Waals surface area contributed by atoms with E-state index in [1.165, 1.54) is 49.7 Å². The predicted molar refractivity (Wildman–Crippen MR) is 279 cm³/mol. The van der Waals surface area contributed by atoms with E-state index in [2.05, 4.69) is 209 Å². The van der Waals surface area contributed by atoms with Crippen LogP contribution in [-0.2, 0) is 42.7 Å². The molecule has 9 rings (SSSR count). The maximum atomic E-state index is 11.1. The predicted octanol–water partition coefficient (Wildman–Crippen LogP) is 16.6. The Balaban J connectivity index is 0.00000608. The molecular formula is C62H62N3OPt-. The van der Waals surface area contributed by atoms with Crippen LogP contribution in [-0.4, -0.2) is 19.6 Å². The van der Waals surface area contributed by atoms with E-state index in [0.29, 0.717) is 11.3 Å². The standard InChI is InChI=1S/C62H62N3O.Pt/c1-59(2,3)44-30-42(31-45(35-44)60(4,5)6)43-33-53(64-54(34-43)51-22-14-16-25-57(51)66)40-19-17-20-41(29-40)58-49(23-18-28-63-58)39-26-27-56-52(32-39)50-21-13-15-24-55(50)65(56)48-37-46(61(7,8)9)36-47(38-48)62(10,11)12;/h13-28,30-38,66H,1-12H3;/q-1;. The number of phenolic OH excluding ortho intramolecular Hbond substituents is 1. The molecule has 0 fully saturated rings. The van der Waals surface area contributed by atoms with Crippen LogP contribution >= 0.6 is 0 Å². The third-order valence-electron chi connectivity index (χ3n) is 13.0. The average Bonchev–Trinajstić information content (AvgIpc) is 3.61. The summed E-state index contributed by atoms with van der Waals surface area (Å²) in [5.41, 5.74) is 17.6. The monoisotopic (exact) mass is 1060 g/mol. The van der Waals surface area contributed by atoms with Crippen LogP contribution in [0, 0.1) is 6.07 Å². The van der Waals surface area contributed by atoms with Gasteiger partial charge in [0.1, 0.15) is 5.75 Å². The third kappa shape index (κ3) is 9.44. The molecule has 0 unspecified atom stereocenters. The molecule has 3 aromatic heterocycles. The molecule has 9 aromatic rings. The van der Waals surface area contributed by atoms with E-state index in [-0.39, 0.29) is 48.5 Å². The van der Waals surface area contributed by atoms with E-state index in [9.17, 15) is 5.11 Å².